The van der Waals surface area contributed by atoms with Gasteiger partial charge in [0.25, 0.3) is 0 Å². The number of rotatable bonds is 10. The molecule has 1 saturated heterocycles. The third-order valence-electron chi connectivity index (χ3n) is 6.53. The number of nitrogens with zero attached hydrogens (tertiary/aromatic N) is 3. The molecule has 1 N–H and O–H groups in total. The van der Waals surface area contributed by atoms with Crippen LogP contribution in [-0.4, -0.2) is 60.3 Å². The normalized spacial score (nSPS) is 14.2. The van der Waals surface area contributed by atoms with E-state index in [0.29, 0.717) is 37.3 Å². The molecule has 2 heterocycles. The molecule has 0 amide bonds. The van der Waals surface area contributed by atoms with Gasteiger partial charge in [-0.15, -0.1) is 0 Å². The summed E-state index contributed by atoms with van der Waals surface area (Å²) < 4.78 is 56.6. The predicted molar refractivity (Wildman–Crippen MR) is 132 cm³/mol. The summed E-state index contributed by atoms with van der Waals surface area (Å²) in [5, 5.41) is 0. The van der Waals surface area contributed by atoms with E-state index in [1.807, 2.05) is 11.0 Å². The minimum atomic E-state index is -1.66. The van der Waals surface area contributed by atoms with Gasteiger partial charge < -0.3 is 4.90 Å². The molecule has 1 fully saturated rings. The van der Waals surface area contributed by atoms with Crippen molar-refractivity contribution >= 4 is 11.7 Å². The van der Waals surface area contributed by atoms with E-state index in [9.17, 15) is 27.2 Å². The number of H-pyrrole nitrogens is 1. The summed E-state index contributed by atoms with van der Waals surface area (Å²) in [6, 6.07) is 8.14. The third kappa shape index (κ3) is 6.08. The van der Waals surface area contributed by atoms with Gasteiger partial charge in [0.05, 0.1) is 18.5 Å². The summed E-state index contributed by atoms with van der Waals surface area (Å²) in [6.45, 7) is 3.99. The molecule has 2 aromatic carbocycles. The first-order valence-corrected chi connectivity index (χ1v) is 12.2. The van der Waals surface area contributed by atoms with Crippen LogP contribution in [-0.2, 0) is 16.3 Å². The Balaban J connectivity index is 1.36. The molecule has 0 unspecified atom stereocenters. The molecule has 0 saturated carbocycles. The standard InChI is InChI=1S/C26H28F4N4O4/c1-37-38-25(35)23-24(17-15-19(28)22(30)20(29)16-17)34(26(36)31-23)10-6-2-5-9-32-11-13-33(14-12-32)21-8-4-3-7-18(21)27/h3-4,7-8,15-16H,2,5-6,9-14H2,1H3,(H,31,36). The zero-order chi connectivity index (χ0) is 27.2. The molecule has 204 valence electrons. The number of anilines is 1. The number of para-hydroxylation sites is 1. The molecule has 8 nitrogen and oxygen atoms in total. The average Bonchev–Trinajstić information content (AvgIpc) is 3.24. The lowest BCUT2D eigenvalue weighted by molar-refractivity contribution is -0.216. The number of aromatic amines is 1. The van der Waals surface area contributed by atoms with Crippen molar-refractivity contribution in [1.82, 2.24) is 14.5 Å². The van der Waals surface area contributed by atoms with Gasteiger partial charge in [0.2, 0.25) is 0 Å². The highest BCUT2D eigenvalue weighted by atomic mass is 19.2. The van der Waals surface area contributed by atoms with E-state index >= 15 is 0 Å². The van der Waals surface area contributed by atoms with Gasteiger partial charge in [-0.3, -0.25) is 19.3 Å². The first kappa shape index (κ1) is 27.4. The Morgan fingerprint density at radius 2 is 1.58 bits per heavy atom. The smallest absolute Gasteiger partial charge is 0.367 e. The number of nitrogens with one attached hydrogen (secondary N) is 1. The van der Waals surface area contributed by atoms with E-state index in [-0.39, 0.29) is 29.3 Å². The van der Waals surface area contributed by atoms with Crippen LogP contribution in [0.25, 0.3) is 11.3 Å². The van der Waals surface area contributed by atoms with Gasteiger partial charge in [-0.05, 0) is 43.7 Å². The Morgan fingerprint density at radius 3 is 2.24 bits per heavy atom. The second-order valence-corrected chi connectivity index (χ2v) is 8.94. The molecule has 0 aliphatic carbocycles. The van der Waals surface area contributed by atoms with E-state index in [2.05, 4.69) is 19.7 Å². The fraction of sp³-hybridized carbons (Fsp3) is 0.385. The number of piperazine rings is 1. The van der Waals surface area contributed by atoms with Crippen molar-refractivity contribution in [3.63, 3.8) is 0 Å². The van der Waals surface area contributed by atoms with Crippen LogP contribution in [0.3, 0.4) is 0 Å². The zero-order valence-corrected chi connectivity index (χ0v) is 20.8. The molecule has 0 bridgehead atoms. The molecule has 0 radical (unpaired) electrons. The maximum Gasteiger partial charge on any atom is 0.391 e. The lowest BCUT2D eigenvalue weighted by Gasteiger charge is -2.36. The fourth-order valence-electron chi connectivity index (χ4n) is 4.64. The lowest BCUT2D eigenvalue weighted by atomic mass is 10.1. The van der Waals surface area contributed by atoms with Crippen molar-refractivity contribution in [2.75, 3.05) is 44.7 Å². The van der Waals surface area contributed by atoms with Crippen LogP contribution < -0.4 is 10.6 Å². The summed E-state index contributed by atoms with van der Waals surface area (Å²) >= 11 is 0. The zero-order valence-electron chi connectivity index (χ0n) is 20.8. The van der Waals surface area contributed by atoms with Gasteiger partial charge in [-0.25, -0.2) is 27.2 Å². The number of carbonyl (C=O) groups is 1. The van der Waals surface area contributed by atoms with Gasteiger partial charge in [0, 0.05) is 38.3 Å². The summed E-state index contributed by atoms with van der Waals surface area (Å²) in [4.78, 5) is 40.4. The van der Waals surface area contributed by atoms with Crippen molar-refractivity contribution in [3.8, 4) is 11.3 Å². The molecule has 1 aromatic heterocycles. The highest BCUT2D eigenvalue weighted by molar-refractivity contribution is 5.94. The Kier molecular flexibility index (Phi) is 8.85. The second-order valence-electron chi connectivity index (χ2n) is 8.94. The van der Waals surface area contributed by atoms with Crippen molar-refractivity contribution < 1.29 is 32.1 Å². The van der Waals surface area contributed by atoms with Gasteiger partial charge in [-0.1, -0.05) is 18.6 Å². The molecular formula is C26H28F4N4O4. The van der Waals surface area contributed by atoms with E-state index < -0.39 is 29.1 Å². The minimum Gasteiger partial charge on any atom is -0.367 e. The van der Waals surface area contributed by atoms with Crippen molar-refractivity contribution in [3.05, 3.63) is 75.8 Å². The first-order valence-electron chi connectivity index (χ1n) is 12.2. The highest BCUT2D eigenvalue weighted by Crippen LogP contribution is 2.27. The summed E-state index contributed by atoms with van der Waals surface area (Å²) in [5.74, 6) is -5.88. The fourth-order valence-corrected chi connectivity index (χ4v) is 4.64. The molecular weight excluding hydrogens is 508 g/mol. The summed E-state index contributed by atoms with van der Waals surface area (Å²) in [6.07, 6.45) is 2.09. The first-order chi connectivity index (χ1) is 18.3. The Hall–Kier alpha value is -3.64. The number of aromatic nitrogens is 2. The molecule has 3 aromatic rings. The molecule has 0 atom stereocenters. The lowest BCUT2D eigenvalue weighted by Crippen LogP contribution is -2.46. The third-order valence-corrected chi connectivity index (χ3v) is 6.53. The number of benzene rings is 2. The van der Waals surface area contributed by atoms with Gasteiger partial charge in [0.1, 0.15) is 5.82 Å². The van der Waals surface area contributed by atoms with Crippen LogP contribution in [0.5, 0.6) is 0 Å². The maximum absolute atomic E-state index is 14.0. The predicted octanol–water partition coefficient (Wildman–Crippen LogP) is 4.11. The minimum absolute atomic E-state index is 0.126. The van der Waals surface area contributed by atoms with Crippen molar-refractivity contribution in [2.45, 2.75) is 25.8 Å². The SMILES string of the molecule is COOC(=O)c1[nH]c(=O)n(CCCCCN2CCN(c3ccccc3F)CC2)c1-c1cc(F)c(F)c(F)c1. The number of hydrogen-bond donors (Lipinski definition) is 1. The van der Waals surface area contributed by atoms with E-state index in [1.54, 1.807) is 12.1 Å². The largest absolute Gasteiger partial charge is 0.391 e. The number of halogens is 4. The van der Waals surface area contributed by atoms with E-state index in [0.717, 1.165) is 39.6 Å². The van der Waals surface area contributed by atoms with Crippen molar-refractivity contribution in [2.24, 2.45) is 0 Å². The second kappa shape index (κ2) is 12.3. The summed E-state index contributed by atoms with van der Waals surface area (Å²) in [7, 11) is 1.09. The molecule has 1 aliphatic heterocycles. The Morgan fingerprint density at radius 1 is 0.921 bits per heavy atom. The number of hydrogen-bond acceptors (Lipinski definition) is 6. The van der Waals surface area contributed by atoms with E-state index in [1.165, 1.54) is 10.6 Å². The highest BCUT2D eigenvalue weighted by Gasteiger charge is 2.25. The van der Waals surface area contributed by atoms with Crippen molar-refractivity contribution in [1.29, 1.82) is 0 Å². The molecule has 0 spiro atoms. The monoisotopic (exact) mass is 536 g/mol. The van der Waals surface area contributed by atoms with Crippen LogP contribution in [0.15, 0.2) is 41.2 Å². The van der Waals surface area contributed by atoms with Crippen LogP contribution >= 0.6 is 0 Å². The Bertz CT molecular complexity index is 1310. The van der Waals surface area contributed by atoms with Crippen LogP contribution in [0.1, 0.15) is 29.8 Å². The molecule has 38 heavy (non-hydrogen) atoms. The number of imidazole rings is 1. The quantitative estimate of drug-likeness (QED) is 0.138. The van der Waals surface area contributed by atoms with E-state index in [4.69, 9.17) is 0 Å². The number of unbranched alkanes of at least 4 members (excludes halogenated alkanes) is 2. The van der Waals surface area contributed by atoms with Gasteiger partial charge >= 0.3 is 11.7 Å². The molecule has 4 rings (SSSR count). The average molecular weight is 537 g/mol. The van der Waals surface area contributed by atoms with Crippen LogP contribution in [0, 0.1) is 23.3 Å². The van der Waals surface area contributed by atoms with Crippen LogP contribution in [0.4, 0.5) is 23.2 Å². The molecule has 12 heteroatoms. The summed E-state index contributed by atoms with van der Waals surface area (Å²) in [5.41, 5.74) is -0.767. The maximum atomic E-state index is 14.0. The Labute approximate surface area is 216 Å². The van der Waals surface area contributed by atoms with Gasteiger partial charge in [0.15, 0.2) is 23.1 Å². The number of carbonyl (C=O) groups excluding carboxylic acids is 1. The molecule has 1 aliphatic rings. The topological polar surface area (TPSA) is 79.8 Å². The van der Waals surface area contributed by atoms with Crippen LogP contribution in [0.2, 0.25) is 0 Å². The van der Waals surface area contributed by atoms with Gasteiger partial charge in [-0.2, -0.15) is 4.89 Å².